The van der Waals surface area contributed by atoms with Gasteiger partial charge in [-0.15, -0.1) is 0 Å². The summed E-state index contributed by atoms with van der Waals surface area (Å²) in [5.74, 6) is -0.0196. The lowest BCUT2D eigenvalue weighted by atomic mass is 9.92. The molecule has 3 aromatic rings. The SMILES string of the molecule is Cc1cc(-c2n[nH]c3cc4c(cc23)CC(C)(Br)C(=O)N4)ccn1. The molecular formula is C17H15BrN4O. The Bertz CT molecular complexity index is 945. The molecule has 1 unspecified atom stereocenters. The Morgan fingerprint density at radius 1 is 1.30 bits per heavy atom. The van der Waals surface area contributed by atoms with Crippen LogP contribution in [0.25, 0.3) is 22.2 Å². The van der Waals surface area contributed by atoms with E-state index in [-0.39, 0.29) is 5.91 Å². The molecule has 0 bridgehead atoms. The third-order valence-electron chi connectivity index (χ3n) is 4.20. The minimum Gasteiger partial charge on any atom is -0.325 e. The Labute approximate surface area is 141 Å². The fraction of sp³-hybridized carbons (Fsp3) is 0.235. The molecule has 0 radical (unpaired) electrons. The highest BCUT2D eigenvalue weighted by atomic mass is 79.9. The number of H-pyrrole nitrogens is 1. The number of rotatable bonds is 1. The highest BCUT2D eigenvalue weighted by molar-refractivity contribution is 9.10. The quantitative estimate of drug-likeness (QED) is 0.643. The third kappa shape index (κ3) is 2.34. The second-order valence-electron chi connectivity index (χ2n) is 6.14. The van der Waals surface area contributed by atoms with Crippen LogP contribution in [0, 0.1) is 6.92 Å². The minimum atomic E-state index is -0.579. The van der Waals surface area contributed by atoms with Gasteiger partial charge in [-0.25, -0.2) is 0 Å². The number of hydrogen-bond acceptors (Lipinski definition) is 3. The Kier molecular flexibility index (Phi) is 3.06. The molecule has 23 heavy (non-hydrogen) atoms. The van der Waals surface area contributed by atoms with Gasteiger partial charge in [0, 0.05) is 28.5 Å². The van der Waals surface area contributed by atoms with Crippen LogP contribution in [0.5, 0.6) is 0 Å². The molecule has 1 aromatic carbocycles. The molecule has 1 aliphatic heterocycles. The van der Waals surface area contributed by atoms with Gasteiger partial charge in [0.25, 0.3) is 0 Å². The molecule has 5 nitrogen and oxygen atoms in total. The van der Waals surface area contributed by atoms with Crippen LogP contribution < -0.4 is 5.32 Å². The summed E-state index contributed by atoms with van der Waals surface area (Å²) >= 11 is 3.51. The van der Waals surface area contributed by atoms with Crippen LogP contribution in [0.2, 0.25) is 0 Å². The molecular weight excluding hydrogens is 356 g/mol. The normalized spacial score (nSPS) is 20.4. The van der Waals surface area contributed by atoms with Crippen LogP contribution in [0.1, 0.15) is 18.2 Å². The number of carbonyl (C=O) groups is 1. The van der Waals surface area contributed by atoms with Crippen molar-refractivity contribution in [1.29, 1.82) is 0 Å². The van der Waals surface area contributed by atoms with E-state index in [1.807, 2.05) is 32.0 Å². The molecule has 2 N–H and O–H groups in total. The third-order valence-corrected chi connectivity index (χ3v) is 4.84. The summed E-state index contributed by atoms with van der Waals surface area (Å²) in [7, 11) is 0. The Hall–Kier alpha value is -2.21. The van der Waals surface area contributed by atoms with E-state index in [1.54, 1.807) is 6.20 Å². The topological polar surface area (TPSA) is 70.7 Å². The zero-order chi connectivity index (χ0) is 16.2. The Morgan fingerprint density at radius 3 is 2.91 bits per heavy atom. The van der Waals surface area contributed by atoms with Crippen LogP contribution >= 0.6 is 15.9 Å². The predicted molar refractivity (Wildman–Crippen MR) is 93.7 cm³/mol. The van der Waals surface area contributed by atoms with Crippen molar-refractivity contribution in [1.82, 2.24) is 15.2 Å². The van der Waals surface area contributed by atoms with Crippen molar-refractivity contribution in [2.24, 2.45) is 0 Å². The predicted octanol–water partition coefficient (Wildman–Crippen LogP) is 3.58. The van der Waals surface area contributed by atoms with Gasteiger partial charge in [-0.05, 0) is 50.1 Å². The lowest BCUT2D eigenvalue weighted by molar-refractivity contribution is -0.118. The fourth-order valence-corrected chi connectivity index (χ4v) is 3.38. The van der Waals surface area contributed by atoms with E-state index >= 15 is 0 Å². The molecule has 6 heteroatoms. The number of nitrogens with one attached hydrogen (secondary N) is 2. The summed E-state index contributed by atoms with van der Waals surface area (Å²) in [6.07, 6.45) is 2.43. The number of hydrogen-bond donors (Lipinski definition) is 2. The van der Waals surface area contributed by atoms with Crippen LogP contribution in [-0.4, -0.2) is 25.4 Å². The van der Waals surface area contributed by atoms with Gasteiger partial charge < -0.3 is 5.32 Å². The van der Waals surface area contributed by atoms with E-state index in [0.29, 0.717) is 6.42 Å². The van der Waals surface area contributed by atoms with Gasteiger partial charge >= 0.3 is 0 Å². The van der Waals surface area contributed by atoms with Gasteiger partial charge in [0.1, 0.15) is 10.0 Å². The van der Waals surface area contributed by atoms with Crippen molar-refractivity contribution in [3.63, 3.8) is 0 Å². The second kappa shape index (κ2) is 4.89. The number of nitrogens with zero attached hydrogens (tertiary/aromatic N) is 2. The zero-order valence-corrected chi connectivity index (χ0v) is 14.4. The van der Waals surface area contributed by atoms with Gasteiger partial charge in [-0.3, -0.25) is 14.9 Å². The van der Waals surface area contributed by atoms with E-state index in [2.05, 4.69) is 42.5 Å². The molecule has 0 spiro atoms. The number of aromatic amines is 1. The van der Waals surface area contributed by atoms with E-state index in [4.69, 9.17) is 0 Å². The van der Waals surface area contributed by atoms with Crippen molar-refractivity contribution in [2.45, 2.75) is 24.6 Å². The average Bonchev–Trinajstić information content (AvgIpc) is 2.89. The van der Waals surface area contributed by atoms with Gasteiger partial charge in [-0.2, -0.15) is 5.10 Å². The molecule has 3 heterocycles. The first-order chi connectivity index (χ1) is 10.9. The summed E-state index contributed by atoms with van der Waals surface area (Å²) in [5, 5.41) is 11.5. The highest BCUT2D eigenvalue weighted by Gasteiger charge is 2.35. The van der Waals surface area contributed by atoms with Crippen LogP contribution in [-0.2, 0) is 11.2 Å². The fourth-order valence-electron chi connectivity index (χ4n) is 2.98. The van der Waals surface area contributed by atoms with Crippen LogP contribution in [0.15, 0.2) is 30.5 Å². The van der Waals surface area contributed by atoms with Crippen LogP contribution in [0.3, 0.4) is 0 Å². The minimum absolute atomic E-state index is 0.0196. The number of pyridine rings is 1. The van der Waals surface area contributed by atoms with Gasteiger partial charge in [-0.1, -0.05) is 15.9 Å². The van der Waals surface area contributed by atoms with Crippen molar-refractivity contribution in [3.8, 4) is 11.3 Å². The summed E-state index contributed by atoms with van der Waals surface area (Å²) in [6.45, 7) is 3.85. The van der Waals surface area contributed by atoms with Crippen molar-refractivity contribution < 1.29 is 4.79 Å². The summed E-state index contributed by atoms with van der Waals surface area (Å²) in [4.78, 5) is 16.3. The first-order valence-electron chi connectivity index (χ1n) is 7.38. The number of alkyl halides is 1. The molecule has 2 aromatic heterocycles. The molecule has 4 rings (SSSR count). The molecule has 1 aliphatic rings. The van der Waals surface area contributed by atoms with Gasteiger partial charge in [0.15, 0.2) is 0 Å². The lowest BCUT2D eigenvalue weighted by Gasteiger charge is -2.28. The Morgan fingerprint density at radius 2 is 2.13 bits per heavy atom. The highest BCUT2D eigenvalue weighted by Crippen LogP contribution is 2.37. The van der Waals surface area contributed by atoms with Gasteiger partial charge in [0.05, 0.1) is 5.52 Å². The average molecular weight is 371 g/mol. The smallest absolute Gasteiger partial charge is 0.241 e. The van der Waals surface area contributed by atoms with E-state index < -0.39 is 4.32 Å². The maximum absolute atomic E-state index is 12.1. The van der Waals surface area contributed by atoms with E-state index in [1.165, 1.54) is 0 Å². The summed E-state index contributed by atoms with van der Waals surface area (Å²) in [6, 6.07) is 8.04. The lowest BCUT2D eigenvalue weighted by Crippen LogP contribution is -2.40. The zero-order valence-electron chi connectivity index (χ0n) is 12.8. The summed E-state index contributed by atoms with van der Waals surface area (Å²) in [5.41, 5.74) is 5.75. The van der Waals surface area contributed by atoms with E-state index in [9.17, 15) is 4.79 Å². The number of halogens is 1. The van der Waals surface area contributed by atoms with Gasteiger partial charge in [0.2, 0.25) is 5.91 Å². The Balaban J connectivity index is 1.89. The summed E-state index contributed by atoms with van der Waals surface area (Å²) < 4.78 is -0.579. The number of carbonyl (C=O) groups excluding carboxylic acids is 1. The largest absolute Gasteiger partial charge is 0.325 e. The number of fused-ring (bicyclic) bond motifs is 2. The molecule has 0 saturated heterocycles. The second-order valence-corrected chi connectivity index (χ2v) is 7.89. The molecule has 0 fully saturated rings. The van der Waals surface area contributed by atoms with Crippen molar-refractivity contribution in [3.05, 3.63) is 41.7 Å². The maximum Gasteiger partial charge on any atom is 0.241 e. The van der Waals surface area contributed by atoms with Crippen molar-refractivity contribution in [2.75, 3.05) is 5.32 Å². The first-order valence-corrected chi connectivity index (χ1v) is 8.18. The standard InChI is InChI=1S/C17H15BrN4O/c1-9-5-10(3-4-19-9)15-12-6-11-8-17(2,18)16(23)20-13(11)7-14(12)21-22-15/h3-7H,8H2,1-2H3,(H,20,23)(H,21,22). The molecule has 0 saturated carbocycles. The monoisotopic (exact) mass is 370 g/mol. The number of aryl methyl sites for hydroxylation is 1. The number of benzene rings is 1. The van der Waals surface area contributed by atoms with Crippen LogP contribution in [0.4, 0.5) is 5.69 Å². The molecule has 1 amide bonds. The first kappa shape index (κ1) is 14.4. The maximum atomic E-state index is 12.1. The molecule has 116 valence electrons. The van der Waals surface area contributed by atoms with Crippen molar-refractivity contribution >= 4 is 38.4 Å². The number of anilines is 1. The number of aromatic nitrogens is 3. The molecule has 1 atom stereocenters. The van der Waals surface area contributed by atoms with E-state index in [0.717, 1.165) is 39.1 Å². The number of amides is 1. The molecule has 0 aliphatic carbocycles.